The standard InChI is InChI=1S/C25H33NO2/c1-4-18-11-15-22(16-12-18)28-24(6-3)25(27)26-23(5-2)21-14-13-19-9-7-8-10-20(19)17-21/h11-17,23-24H,4-10H2,1-3H3,(H,26,27)/t23-,24+/m1/s1. The Kier molecular flexibility index (Phi) is 7.13. The first-order valence-electron chi connectivity index (χ1n) is 10.8. The molecule has 0 radical (unpaired) electrons. The fraction of sp³-hybridized carbons (Fsp3) is 0.480. The average molecular weight is 380 g/mol. The molecule has 3 rings (SSSR count). The maximum atomic E-state index is 12.9. The van der Waals surface area contributed by atoms with Gasteiger partial charge in [0.05, 0.1) is 6.04 Å². The first kappa shape index (κ1) is 20.4. The number of fused-ring (bicyclic) bond motifs is 1. The summed E-state index contributed by atoms with van der Waals surface area (Å²) in [5.74, 6) is 0.715. The third kappa shape index (κ3) is 4.95. The molecule has 0 fully saturated rings. The highest BCUT2D eigenvalue weighted by atomic mass is 16.5. The largest absolute Gasteiger partial charge is 0.481 e. The van der Waals surface area contributed by atoms with Crippen LogP contribution in [0.4, 0.5) is 0 Å². The summed E-state index contributed by atoms with van der Waals surface area (Å²) in [4.78, 5) is 12.9. The quantitative estimate of drug-likeness (QED) is 0.653. The second kappa shape index (κ2) is 9.77. The van der Waals surface area contributed by atoms with Crippen molar-refractivity contribution in [3.63, 3.8) is 0 Å². The van der Waals surface area contributed by atoms with Crippen molar-refractivity contribution >= 4 is 5.91 Å². The maximum absolute atomic E-state index is 12.9. The summed E-state index contributed by atoms with van der Waals surface area (Å²) >= 11 is 0. The molecule has 1 amide bonds. The van der Waals surface area contributed by atoms with Crippen LogP contribution in [0.1, 0.15) is 74.8 Å². The van der Waals surface area contributed by atoms with E-state index in [9.17, 15) is 4.79 Å². The first-order chi connectivity index (χ1) is 13.6. The average Bonchev–Trinajstić information content (AvgIpc) is 2.75. The molecule has 1 aliphatic rings. The van der Waals surface area contributed by atoms with Gasteiger partial charge < -0.3 is 10.1 Å². The molecular weight excluding hydrogens is 346 g/mol. The van der Waals surface area contributed by atoms with E-state index in [0.717, 1.165) is 25.0 Å². The molecular formula is C25H33NO2. The lowest BCUT2D eigenvalue weighted by Gasteiger charge is -2.24. The number of hydrogen-bond donors (Lipinski definition) is 1. The molecule has 150 valence electrons. The smallest absolute Gasteiger partial charge is 0.261 e. The van der Waals surface area contributed by atoms with E-state index in [0.29, 0.717) is 6.42 Å². The van der Waals surface area contributed by atoms with E-state index in [1.54, 1.807) is 0 Å². The molecule has 0 saturated heterocycles. The van der Waals surface area contributed by atoms with Gasteiger partial charge in [-0.3, -0.25) is 4.79 Å². The lowest BCUT2D eigenvalue weighted by molar-refractivity contribution is -0.128. The van der Waals surface area contributed by atoms with Crippen LogP contribution in [-0.4, -0.2) is 12.0 Å². The van der Waals surface area contributed by atoms with Crippen molar-refractivity contribution in [1.82, 2.24) is 5.32 Å². The Bertz CT molecular complexity index is 782. The minimum absolute atomic E-state index is 0.0276. The van der Waals surface area contributed by atoms with E-state index < -0.39 is 6.10 Å². The van der Waals surface area contributed by atoms with Gasteiger partial charge in [-0.25, -0.2) is 0 Å². The molecule has 3 nitrogen and oxygen atoms in total. The van der Waals surface area contributed by atoms with Crippen LogP contribution in [0.2, 0.25) is 0 Å². The normalized spacial score (nSPS) is 15.4. The summed E-state index contributed by atoms with van der Waals surface area (Å²) in [6, 6.07) is 14.8. The summed E-state index contributed by atoms with van der Waals surface area (Å²) < 4.78 is 5.98. The maximum Gasteiger partial charge on any atom is 0.261 e. The third-order valence-electron chi connectivity index (χ3n) is 5.77. The van der Waals surface area contributed by atoms with Gasteiger partial charge in [0, 0.05) is 0 Å². The van der Waals surface area contributed by atoms with Crippen molar-refractivity contribution in [2.24, 2.45) is 0 Å². The van der Waals surface area contributed by atoms with E-state index in [4.69, 9.17) is 4.74 Å². The van der Waals surface area contributed by atoms with Crippen molar-refractivity contribution in [2.75, 3.05) is 0 Å². The van der Waals surface area contributed by atoms with E-state index >= 15 is 0 Å². The van der Waals surface area contributed by atoms with Gasteiger partial charge in [-0.15, -0.1) is 0 Å². The van der Waals surface area contributed by atoms with Crippen molar-refractivity contribution in [3.8, 4) is 5.75 Å². The van der Waals surface area contributed by atoms with E-state index in [1.165, 1.54) is 41.5 Å². The number of hydrogen-bond acceptors (Lipinski definition) is 2. The SMILES string of the molecule is CCc1ccc(O[C@@H](CC)C(=O)N[C@H](CC)c2ccc3c(c2)CCCC3)cc1. The molecule has 0 heterocycles. The van der Waals surface area contributed by atoms with Crippen LogP contribution in [0, 0.1) is 0 Å². The lowest BCUT2D eigenvalue weighted by atomic mass is 9.88. The number of nitrogens with one attached hydrogen (secondary N) is 1. The highest BCUT2D eigenvalue weighted by Gasteiger charge is 2.22. The van der Waals surface area contributed by atoms with Gasteiger partial charge in [0.25, 0.3) is 5.91 Å². The van der Waals surface area contributed by atoms with Crippen LogP contribution in [0.3, 0.4) is 0 Å². The Labute approximate surface area is 169 Å². The minimum atomic E-state index is -0.473. The van der Waals surface area contributed by atoms with Crippen LogP contribution in [0.15, 0.2) is 42.5 Å². The number of carbonyl (C=O) groups excluding carboxylic acids is 1. The number of rotatable bonds is 8. The number of carbonyl (C=O) groups is 1. The number of benzene rings is 2. The van der Waals surface area contributed by atoms with Gasteiger partial charge in [-0.2, -0.15) is 0 Å². The van der Waals surface area contributed by atoms with Crippen LogP contribution < -0.4 is 10.1 Å². The summed E-state index contributed by atoms with van der Waals surface area (Å²) in [7, 11) is 0. The Hall–Kier alpha value is -2.29. The van der Waals surface area contributed by atoms with Crippen molar-refractivity contribution in [3.05, 3.63) is 64.7 Å². The number of amides is 1. The van der Waals surface area contributed by atoms with E-state index in [2.05, 4.69) is 49.5 Å². The van der Waals surface area contributed by atoms with Gasteiger partial charge in [0.2, 0.25) is 0 Å². The van der Waals surface area contributed by atoms with E-state index in [1.807, 2.05) is 19.1 Å². The summed E-state index contributed by atoms with van der Waals surface area (Å²) in [6.07, 6.45) is 6.92. The third-order valence-corrected chi connectivity index (χ3v) is 5.77. The van der Waals surface area contributed by atoms with Gasteiger partial charge in [0.15, 0.2) is 6.10 Å². The molecule has 2 atom stereocenters. The molecule has 1 N–H and O–H groups in total. The van der Waals surface area contributed by atoms with Gasteiger partial charge in [-0.05, 0) is 79.3 Å². The molecule has 2 aromatic rings. The fourth-order valence-corrected chi connectivity index (χ4v) is 3.95. The van der Waals surface area contributed by atoms with Crippen molar-refractivity contribution in [2.45, 2.75) is 77.9 Å². The highest BCUT2D eigenvalue weighted by molar-refractivity contribution is 5.81. The van der Waals surface area contributed by atoms with Crippen LogP contribution >= 0.6 is 0 Å². The molecule has 3 heteroatoms. The van der Waals surface area contributed by atoms with Gasteiger partial charge in [-0.1, -0.05) is 51.1 Å². The molecule has 0 bridgehead atoms. The first-order valence-corrected chi connectivity index (χ1v) is 10.8. The topological polar surface area (TPSA) is 38.3 Å². The molecule has 0 aliphatic heterocycles. The van der Waals surface area contributed by atoms with Gasteiger partial charge in [0.1, 0.15) is 5.75 Å². The second-order valence-electron chi connectivity index (χ2n) is 7.72. The fourth-order valence-electron chi connectivity index (χ4n) is 3.95. The molecule has 28 heavy (non-hydrogen) atoms. The highest BCUT2D eigenvalue weighted by Crippen LogP contribution is 2.26. The Morgan fingerprint density at radius 1 is 0.964 bits per heavy atom. The molecule has 0 unspecified atom stereocenters. The molecule has 0 spiro atoms. The molecule has 0 saturated carbocycles. The van der Waals surface area contributed by atoms with E-state index in [-0.39, 0.29) is 11.9 Å². The van der Waals surface area contributed by atoms with Crippen LogP contribution in [0.5, 0.6) is 5.75 Å². The Morgan fingerprint density at radius 3 is 2.32 bits per heavy atom. The zero-order valence-corrected chi connectivity index (χ0v) is 17.5. The predicted octanol–water partition coefficient (Wildman–Crippen LogP) is 5.55. The number of ether oxygens (including phenoxy) is 1. The Morgan fingerprint density at radius 2 is 1.68 bits per heavy atom. The second-order valence-corrected chi connectivity index (χ2v) is 7.72. The van der Waals surface area contributed by atoms with Crippen molar-refractivity contribution < 1.29 is 9.53 Å². The zero-order chi connectivity index (χ0) is 19.9. The molecule has 2 aromatic carbocycles. The molecule has 1 aliphatic carbocycles. The Balaban J connectivity index is 1.67. The predicted molar refractivity (Wildman–Crippen MR) is 115 cm³/mol. The number of aryl methyl sites for hydroxylation is 3. The van der Waals surface area contributed by atoms with Crippen LogP contribution in [-0.2, 0) is 24.1 Å². The molecule has 0 aromatic heterocycles. The monoisotopic (exact) mass is 379 g/mol. The van der Waals surface area contributed by atoms with Gasteiger partial charge >= 0.3 is 0 Å². The summed E-state index contributed by atoms with van der Waals surface area (Å²) in [5, 5.41) is 3.22. The zero-order valence-electron chi connectivity index (χ0n) is 17.5. The lowest BCUT2D eigenvalue weighted by Crippen LogP contribution is -2.40. The van der Waals surface area contributed by atoms with Crippen molar-refractivity contribution in [1.29, 1.82) is 0 Å². The van der Waals surface area contributed by atoms with Crippen LogP contribution in [0.25, 0.3) is 0 Å². The summed E-state index contributed by atoms with van der Waals surface area (Å²) in [6.45, 7) is 6.24. The minimum Gasteiger partial charge on any atom is -0.481 e. The summed E-state index contributed by atoms with van der Waals surface area (Å²) in [5.41, 5.74) is 5.40.